The van der Waals surface area contributed by atoms with Gasteiger partial charge in [-0.05, 0) is 11.6 Å². The van der Waals surface area contributed by atoms with E-state index in [0.717, 1.165) is 19.6 Å². The van der Waals surface area contributed by atoms with Crippen molar-refractivity contribution in [2.24, 2.45) is 0 Å². The van der Waals surface area contributed by atoms with Gasteiger partial charge >= 0.3 is 0 Å². The van der Waals surface area contributed by atoms with Gasteiger partial charge in [0.25, 0.3) is 0 Å². The smallest absolute Gasteiger partial charge is 0.0794 e. The van der Waals surface area contributed by atoms with Crippen LogP contribution < -0.4 is 0 Å². The summed E-state index contributed by atoms with van der Waals surface area (Å²) < 4.78 is 0. The molecular weight excluding hydrogens is 152 g/mol. The molecule has 1 aliphatic heterocycles. The molecule has 3 nitrogen and oxygen atoms in total. The Bertz CT molecular complexity index is 244. The standard InChI is InChI=1S/C9H12N2O/c12-9-6-11(7-9)5-8-2-1-3-10-4-8/h1-4,9,12H,5-7H2. The molecule has 1 aromatic rings. The lowest BCUT2D eigenvalue weighted by molar-refractivity contribution is -0.00291. The normalized spacial score (nSPS) is 19.1. The van der Waals surface area contributed by atoms with Gasteiger partial charge in [0.2, 0.25) is 0 Å². The highest BCUT2D eigenvalue weighted by molar-refractivity contribution is 5.08. The van der Waals surface area contributed by atoms with Gasteiger partial charge in [-0.2, -0.15) is 0 Å². The van der Waals surface area contributed by atoms with Gasteiger partial charge in [-0.25, -0.2) is 0 Å². The van der Waals surface area contributed by atoms with Crippen LogP contribution in [0.1, 0.15) is 5.56 Å². The van der Waals surface area contributed by atoms with E-state index in [1.807, 2.05) is 12.3 Å². The molecule has 0 saturated carbocycles. The molecule has 2 heterocycles. The van der Waals surface area contributed by atoms with Crippen LogP contribution in [0.2, 0.25) is 0 Å². The Kier molecular flexibility index (Phi) is 2.06. The summed E-state index contributed by atoms with van der Waals surface area (Å²) in [5, 5.41) is 9.04. The van der Waals surface area contributed by atoms with Crippen LogP contribution in [0.15, 0.2) is 24.5 Å². The first-order valence-corrected chi connectivity index (χ1v) is 4.14. The maximum atomic E-state index is 9.04. The number of pyridine rings is 1. The Morgan fingerprint density at radius 2 is 2.42 bits per heavy atom. The van der Waals surface area contributed by atoms with E-state index in [1.54, 1.807) is 6.20 Å². The van der Waals surface area contributed by atoms with Crippen molar-refractivity contribution in [2.45, 2.75) is 12.6 Å². The molecule has 1 fully saturated rings. The number of hydrogen-bond acceptors (Lipinski definition) is 3. The largest absolute Gasteiger partial charge is 0.390 e. The fourth-order valence-corrected chi connectivity index (χ4v) is 1.42. The van der Waals surface area contributed by atoms with E-state index < -0.39 is 0 Å². The summed E-state index contributed by atoms with van der Waals surface area (Å²) in [4.78, 5) is 6.22. The molecule has 1 aromatic heterocycles. The van der Waals surface area contributed by atoms with Crippen molar-refractivity contribution in [1.29, 1.82) is 0 Å². The molecule has 0 aromatic carbocycles. The lowest BCUT2D eigenvalue weighted by Gasteiger charge is -2.35. The minimum Gasteiger partial charge on any atom is -0.390 e. The van der Waals surface area contributed by atoms with Gasteiger partial charge in [-0.1, -0.05) is 6.07 Å². The van der Waals surface area contributed by atoms with Gasteiger partial charge in [0.05, 0.1) is 6.10 Å². The van der Waals surface area contributed by atoms with E-state index in [-0.39, 0.29) is 6.10 Å². The first-order valence-electron chi connectivity index (χ1n) is 4.14. The van der Waals surface area contributed by atoms with E-state index in [2.05, 4.69) is 16.0 Å². The number of likely N-dealkylation sites (tertiary alicyclic amines) is 1. The second-order valence-electron chi connectivity index (χ2n) is 3.21. The second-order valence-corrected chi connectivity index (χ2v) is 3.21. The van der Waals surface area contributed by atoms with Crippen molar-refractivity contribution in [3.05, 3.63) is 30.1 Å². The van der Waals surface area contributed by atoms with Crippen LogP contribution in [0.5, 0.6) is 0 Å². The van der Waals surface area contributed by atoms with Crippen molar-refractivity contribution in [2.75, 3.05) is 13.1 Å². The summed E-state index contributed by atoms with van der Waals surface area (Å²) in [5.74, 6) is 0. The molecule has 1 saturated heterocycles. The van der Waals surface area contributed by atoms with E-state index in [0.29, 0.717) is 0 Å². The fourth-order valence-electron chi connectivity index (χ4n) is 1.42. The zero-order chi connectivity index (χ0) is 8.39. The highest BCUT2D eigenvalue weighted by Crippen LogP contribution is 2.11. The summed E-state index contributed by atoms with van der Waals surface area (Å²) in [6.45, 7) is 2.51. The van der Waals surface area contributed by atoms with Crippen molar-refractivity contribution in [3.8, 4) is 0 Å². The quantitative estimate of drug-likeness (QED) is 0.681. The van der Waals surface area contributed by atoms with Crippen molar-refractivity contribution >= 4 is 0 Å². The highest BCUT2D eigenvalue weighted by Gasteiger charge is 2.23. The molecular formula is C9H12N2O. The molecule has 1 N–H and O–H groups in total. The molecule has 0 unspecified atom stereocenters. The summed E-state index contributed by atoms with van der Waals surface area (Å²) in [7, 11) is 0. The summed E-state index contributed by atoms with van der Waals surface area (Å²) in [6, 6.07) is 3.99. The lowest BCUT2D eigenvalue weighted by Crippen LogP contribution is -2.49. The van der Waals surface area contributed by atoms with Gasteiger partial charge in [0.1, 0.15) is 0 Å². The number of β-amino-alcohol motifs (C(OH)–C–C–N with tert-alkyl or cyclic N) is 1. The Hall–Kier alpha value is -0.930. The van der Waals surface area contributed by atoms with Crippen LogP contribution in [0, 0.1) is 0 Å². The SMILES string of the molecule is OC1CN(Cc2cccnc2)C1. The molecule has 0 radical (unpaired) electrons. The number of hydrogen-bond donors (Lipinski definition) is 1. The number of aliphatic hydroxyl groups is 1. The third-order valence-electron chi connectivity index (χ3n) is 2.07. The van der Waals surface area contributed by atoms with E-state index >= 15 is 0 Å². The Labute approximate surface area is 71.7 Å². The predicted octanol–water partition coefficient (Wildman–Crippen LogP) is 0.258. The number of aliphatic hydroxyl groups excluding tert-OH is 1. The first kappa shape index (κ1) is 7.71. The van der Waals surface area contributed by atoms with Crippen LogP contribution in [0.3, 0.4) is 0 Å². The summed E-state index contributed by atoms with van der Waals surface area (Å²) >= 11 is 0. The molecule has 0 bridgehead atoms. The van der Waals surface area contributed by atoms with Crippen molar-refractivity contribution in [3.63, 3.8) is 0 Å². The third-order valence-corrected chi connectivity index (χ3v) is 2.07. The van der Waals surface area contributed by atoms with Gasteiger partial charge in [-0.3, -0.25) is 9.88 Å². The van der Waals surface area contributed by atoms with Crippen LogP contribution in [0.4, 0.5) is 0 Å². The maximum Gasteiger partial charge on any atom is 0.0794 e. The van der Waals surface area contributed by atoms with Crippen LogP contribution in [0.25, 0.3) is 0 Å². The Morgan fingerprint density at radius 3 is 3.00 bits per heavy atom. The summed E-state index contributed by atoms with van der Waals surface area (Å²) in [6.07, 6.45) is 3.53. The number of rotatable bonds is 2. The van der Waals surface area contributed by atoms with Crippen LogP contribution >= 0.6 is 0 Å². The van der Waals surface area contributed by atoms with Gasteiger partial charge in [0.15, 0.2) is 0 Å². The van der Waals surface area contributed by atoms with Gasteiger partial charge < -0.3 is 5.11 Å². The topological polar surface area (TPSA) is 36.4 Å². The van der Waals surface area contributed by atoms with Crippen molar-refractivity contribution in [1.82, 2.24) is 9.88 Å². The summed E-state index contributed by atoms with van der Waals surface area (Å²) in [5.41, 5.74) is 1.21. The number of nitrogens with zero attached hydrogens (tertiary/aromatic N) is 2. The van der Waals surface area contributed by atoms with E-state index in [4.69, 9.17) is 5.11 Å². The van der Waals surface area contributed by atoms with Crippen molar-refractivity contribution < 1.29 is 5.11 Å². The monoisotopic (exact) mass is 164 g/mol. The Morgan fingerprint density at radius 1 is 1.58 bits per heavy atom. The van der Waals surface area contributed by atoms with Gasteiger partial charge in [0, 0.05) is 32.0 Å². The minimum absolute atomic E-state index is 0.110. The number of aromatic nitrogens is 1. The first-order chi connectivity index (χ1) is 5.84. The van der Waals surface area contributed by atoms with E-state index in [9.17, 15) is 0 Å². The predicted molar refractivity (Wildman–Crippen MR) is 45.5 cm³/mol. The lowest BCUT2D eigenvalue weighted by atomic mass is 10.1. The van der Waals surface area contributed by atoms with Crippen LogP contribution in [-0.2, 0) is 6.54 Å². The molecule has 0 aliphatic carbocycles. The second kappa shape index (κ2) is 3.21. The maximum absolute atomic E-state index is 9.04. The molecule has 64 valence electrons. The molecule has 0 spiro atoms. The van der Waals surface area contributed by atoms with E-state index in [1.165, 1.54) is 5.56 Å². The third kappa shape index (κ3) is 1.62. The van der Waals surface area contributed by atoms with Gasteiger partial charge in [-0.15, -0.1) is 0 Å². The zero-order valence-corrected chi connectivity index (χ0v) is 6.85. The minimum atomic E-state index is -0.110. The average molecular weight is 164 g/mol. The Balaban J connectivity index is 1.88. The highest BCUT2D eigenvalue weighted by atomic mass is 16.3. The molecule has 2 rings (SSSR count). The fraction of sp³-hybridized carbons (Fsp3) is 0.444. The zero-order valence-electron chi connectivity index (χ0n) is 6.85. The molecule has 12 heavy (non-hydrogen) atoms. The van der Waals surface area contributed by atoms with Crippen LogP contribution in [-0.4, -0.2) is 34.2 Å². The molecule has 0 atom stereocenters. The molecule has 3 heteroatoms. The average Bonchev–Trinajstić information content (AvgIpc) is 2.04. The molecule has 0 amide bonds. The molecule has 1 aliphatic rings.